The molecule has 1 saturated heterocycles. The lowest BCUT2D eigenvalue weighted by molar-refractivity contribution is 0.328. The van der Waals surface area contributed by atoms with Crippen molar-refractivity contribution < 1.29 is 4.74 Å². The van der Waals surface area contributed by atoms with Gasteiger partial charge in [-0.1, -0.05) is 13.8 Å². The first-order chi connectivity index (χ1) is 9.03. The van der Waals surface area contributed by atoms with Crippen molar-refractivity contribution in [3.63, 3.8) is 0 Å². The van der Waals surface area contributed by atoms with Gasteiger partial charge in [0.25, 0.3) is 0 Å². The lowest BCUT2D eigenvalue weighted by Gasteiger charge is -2.24. The van der Waals surface area contributed by atoms with Gasteiger partial charge in [-0.2, -0.15) is 16.7 Å². The van der Waals surface area contributed by atoms with Crippen molar-refractivity contribution in [1.29, 1.82) is 0 Å². The lowest BCUT2D eigenvalue weighted by Crippen LogP contribution is -2.28. The van der Waals surface area contributed by atoms with Gasteiger partial charge in [-0.05, 0) is 13.3 Å². The Hall–Kier alpha value is -1.17. The number of ether oxygens (including phenoxy) is 1. The van der Waals surface area contributed by atoms with Gasteiger partial charge in [0.05, 0.1) is 6.61 Å². The van der Waals surface area contributed by atoms with Crippen LogP contribution in [-0.2, 0) is 0 Å². The highest BCUT2D eigenvalue weighted by atomic mass is 32.2. The molecule has 0 atom stereocenters. The maximum atomic E-state index is 6.12. The molecule has 5 nitrogen and oxygen atoms in total. The van der Waals surface area contributed by atoms with E-state index in [1.807, 2.05) is 18.7 Å². The number of rotatable bonds is 3. The van der Waals surface area contributed by atoms with E-state index in [-0.39, 0.29) is 0 Å². The second kappa shape index (κ2) is 5.86. The van der Waals surface area contributed by atoms with Gasteiger partial charge in [0, 0.05) is 23.6 Å². The molecule has 0 aliphatic carbocycles. The van der Waals surface area contributed by atoms with Gasteiger partial charge in [-0.3, -0.25) is 0 Å². The minimum Gasteiger partial charge on any atom is -0.476 e. The first-order valence-corrected chi connectivity index (χ1v) is 7.64. The summed E-state index contributed by atoms with van der Waals surface area (Å²) in [4.78, 5) is 10.7. The van der Waals surface area contributed by atoms with Crippen molar-refractivity contribution in [1.82, 2.24) is 9.97 Å². The molecule has 2 N–H and O–H groups in total. The molecular weight excluding hydrogens is 260 g/mol. The summed E-state index contributed by atoms with van der Waals surface area (Å²) in [7, 11) is 0. The Labute approximate surface area is 118 Å². The van der Waals surface area contributed by atoms with E-state index < -0.39 is 0 Å². The summed E-state index contributed by atoms with van der Waals surface area (Å²) in [6.45, 7) is 8.98. The Morgan fingerprint density at radius 3 is 2.95 bits per heavy atom. The summed E-state index contributed by atoms with van der Waals surface area (Å²) < 4.78 is 5.75. The van der Waals surface area contributed by atoms with Crippen molar-refractivity contribution in [3.05, 3.63) is 6.33 Å². The maximum absolute atomic E-state index is 6.12. The monoisotopic (exact) mass is 282 g/mol. The molecule has 1 aromatic heterocycles. The van der Waals surface area contributed by atoms with Gasteiger partial charge in [0.2, 0.25) is 5.88 Å². The Balaban J connectivity index is 2.19. The molecule has 0 aromatic carbocycles. The van der Waals surface area contributed by atoms with Crippen molar-refractivity contribution in [2.75, 3.05) is 36.1 Å². The first kappa shape index (κ1) is 14.2. The molecule has 0 saturated carbocycles. The van der Waals surface area contributed by atoms with Gasteiger partial charge >= 0.3 is 0 Å². The molecule has 1 aliphatic heterocycles. The number of nitrogens with two attached hydrogens (primary N) is 1. The van der Waals surface area contributed by atoms with Gasteiger partial charge in [0.15, 0.2) is 5.82 Å². The lowest BCUT2D eigenvalue weighted by atomic mass is 10.1. The second-order valence-electron chi connectivity index (χ2n) is 5.19. The van der Waals surface area contributed by atoms with E-state index in [2.05, 4.69) is 28.7 Å². The summed E-state index contributed by atoms with van der Waals surface area (Å²) in [5.74, 6) is 2.38. The van der Waals surface area contributed by atoms with E-state index in [1.165, 1.54) is 6.33 Å². The topological polar surface area (TPSA) is 64.3 Å². The van der Waals surface area contributed by atoms with Gasteiger partial charge < -0.3 is 15.4 Å². The predicted molar refractivity (Wildman–Crippen MR) is 81.0 cm³/mol. The van der Waals surface area contributed by atoms with Crippen LogP contribution in [0.3, 0.4) is 0 Å². The average Bonchev–Trinajstić information content (AvgIpc) is 2.53. The fourth-order valence-electron chi connectivity index (χ4n) is 2.11. The van der Waals surface area contributed by atoms with Crippen LogP contribution in [0.5, 0.6) is 5.88 Å². The molecule has 106 valence electrons. The minimum atomic E-state index is 0.319. The van der Waals surface area contributed by atoms with Crippen molar-refractivity contribution in [2.24, 2.45) is 0 Å². The molecule has 1 aliphatic rings. The fourth-order valence-corrected chi connectivity index (χ4v) is 3.21. The Morgan fingerprint density at radius 1 is 1.42 bits per heavy atom. The quantitative estimate of drug-likeness (QED) is 0.916. The Kier molecular flexibility index (Phi) is 4.39. The summed E-state index contributed by atoms with van der Waals surface area (Å²) in [6, 6.07) is 0. The molecule has 2 heterocycles. The minimum absolute atomic E-state index is 0.319. The van der Waals surface area contributed by atoms with E-state index in [0.717, 1.165) is 31.1 Å². The number of hydrogen-bond donors (Lipinski definition) is 1. The molecule has 6 heteroatoms. The number of nitrogens with zero attached hydrogens (tertiary/aromatic N) is 3. The van der Waals surface area contributed by atoms with Crippen LogP contribution in [-0.4, -0.2) is 40.2 Å². The third kappa shape index (κ3) is 3.43. The van der Waals surface area contributed by atoms with Crippen LogP contribution in [0.2, 0.25) is 0 Å². The maximum Gasteiger partial charge on any atom is 0.242 e. The van der Waals surface area contributed by atoms with E-state index >= 15 is 0 Å². The number of aromatic nitrogens is 2. The van der Waals surface area contributed by atoms with Gasteiger partial charge in [-0.15, -0.1) is 0 Å². The molecular formula is C13H22N4OS. The molecule has 19 heavy (non-hydrogen) atoms. The molecule has 0 bridgehead atoms. The highest BCUT2D eigenvalue weighted by molar-refractivity contribution is 8.00. The van der Waals surface area contributed by atoms with Crippen LogP contribution in [0.1, 0.15) is 27.2 Å². The van der Waals surface area contributed by atoms with Crippen molar-refractivity contribution in [2.45, 2.75) is 31.9 Å². The Morgan fingerprint density at radius 2 is 2.21 bits per heavy atom. The molecule has 0 unspecified atom stereocenters. The van der Waals surface area contributed by atoms with E-state index in [4.69, 9.17) is 10.5 Å². The molecule has 1 fully saturated rings. The fraction of sp³-hybridized carbons (Fsp3) is 0.692. The molecule has 0 radical (unpaired) electrons. The predicted octanol–water partition coefficient (Wildman–Crippen LogP) is 2.18. The number of nitrogen functional groups attached to an aromatic ring is 1. The van der Waals surface area contributed by atoms with E-state index in [9.17, 15) is 0 Å². The second-order valence-corrected chi connectivity index (χ2v) is 7.00. The summed E-state index contributed by atoms with van der Waals surface area (Å²) >= 11 is 2.00. The standard InChI is InChI=1S/C13H22N4OS/c1-4-18-12-10(14)11(15-9-16-12)17-6-5-13(2,3)19-8-7-17/h9H,4-8,14H2,1-3H3. The molecule has 2 rings (SSSR count). The van der Waals surface area contributed by atoms with E-state index in [1.54, 1.807) is 0 Å². The largest absolute Gasteiger partial charge is 0.476 e. The first-order valence-electron chi connectivity index (χ1n) is 6.65. The summed E-state index contributed by atoms with van der Waals surface area (Å²) in [5.41, 5.74) is 6.67. The molecule has 0 amide bonds. The van der Waals surface area contributed by atoms with Crippen LogP contribution in [0, 0.1) is 0 Å². The van der Waals surface area contributed by atoms with Crippen LogP contribution < -0.4 is 15.4 Å². The van der Waals surface area contributed by atoms with Crippen molar-refractivity contribution in [3.8, 4) is 5.88 Å². The van der Waals surface area contributed by atoms with Crippen LogP contribution in [0.4, 0.5) is 11.5 Å². The zero-order valence-corrected chi connectivity index (χ0v) is 12.7. The number of hydrogen-bond acceptors (Lipinski definition) is 6. The highest BCUT2D eigenvalue weighted by Gasteiger charge is 2.25. The Bertz CT molecular complexity index is 439. The third-order valence-corrected chi connectivity index (χ3v) is 4.62. The zero-order chi connectivity index (χ0) is 13.9. The molecule has 1 aromatic rings. The van der Waals surface area contributed by atoms with Crippen LogP contribution >= 0.6 is 11.8 Å². The normalized spacial score (nSPS) is 19.0. The molecule has 0 spiro atoms. The zero-order valence-electron chi connectivity index (χ0n) is 11.8. The van der Waals surface area contributed by atoms with Gasteiger partial charge in [-0.25, -0.2) is 4.98 Å². The van der Waals surface area contributed by atoms with E-state index in [0.29, 0.717) is 22.9 Å². The average molecular weight is 282 g/mol. The van der Waals surface area contributed by atoms with Crippen molar-refractivity contribution >= 4 is 23.3 Å². The summed E-state index contributed by atoms with van der Waals surface area (Å²) in [6.07, 6.45) is 2.64. The summed E-state index contributed by atoms with van der Waals surface area (Å²) in [5, 5.41) is 0. The SMILES string of the molecule is CCOc1ncnc(N2CCSC(C)(C)CC2)c1N. The highest BCUT2D eigenvalue weighted by Crippen LogP contribution is 2.34. The number of thioether (sulfide) groups is 1. The van der Waals surface area contributed by atoms with Crippen LogP contribution in [0.25, 0.3) is 0 Å². The third-order valence-electron chi connectivity index (χ3n) is 3.24. The number of anilines is 2. The smallest absolute Gasteiger partial charge is 0.242 e. The van der Waals surface area contributed by atoms with Crippen LogP contribution in [0.15, 0.2) is 6.33 Å². The van der Waals surface area contributed by atoms with Gasteiger partial charge in [0.1, 0.15) is 12.0 Å².